The van der Waals surface area contributed by atoms with Gasteiger partial charge in [-0.05, 0) is 53.3 Å². The molecule has 0 bridgehead atoms. The van der Waals surface area contributed by atoms with E-state index in [1.807, 2.05) is 42.5 Å². The summed E-state index contributed by atoms with van der Waals surface area (Å²) in [5, 5.41) is 7.86. The molecule has 2 aliphatic heterocycles. The third-order valence-corrected chi connectivity index (χ3v) is 8.34. The second kappa shape index (κ2) is 16.1. The lowest BCUT2D eigenvalue weighted by atomic mass is 10.0. The average Bonchev–Trinajstić information content (AvgIpc) is 3.41. The molecule has 0 spiro atoms. The molecule has 1 unspecified atom stereocenters. The zero-order valence-corrected chi connectivity index (χ0v) is 26.2. The van der Waals surface area contributed by atoms with Gasteiger partial charge >= 0.3 is 0 Å². The zero-order valence-electron chi connectivity index (χ0n) is 26.2. The number of rotatable bonds is 15. The number of imide groups is 1. The predicted molar refractivity (Wildman–Crippen MR) is 174 cm³/mol. The van der Waals surface area contributed by atoms with E-state index in [0.717, 1.165) is 24.1 Å². The standard InChI is InChI=1S/C35H40N6O6/c36-19-32(43)38-23-47-17-16-40(15-14-24-4-2-1-3-5-24)21-26-8-6-25(7-9-26)20-37-33(44)27-10-11-29-28(18-27)22-41(35(29)46)30-12-13-31(42)39-34(30)45/h1-11,18,30H,12-17,19-23,36H2,(H,37,44)(H,38,43)(H,39,42,45). The molecule has 0 saturated carbocycles. The van der Waals surface area contributed by atoms with Gasteiger partial charge in [-0.15, -0.1) is 0 Å². The molecule has 47 heavy (non-hydrogen) atoms. The molecular formula is C35H40N6O6. The Balaban J connectivity index is 1.13. The maximum atomic E-state index is 13.0. The van der Waals surface area contributed by atoms with Crippen molar-refractivity contribution >= 4 is 29.5 Å². The van der Waals surface area contributed by atoms with E-state index in [-0.39, 0.29) is 56.3 Å². The molecule has 2 aliphatic rings. The van der Waals surface area contributed by atoms with Crippen molar-refractivity contribution in [3.63, 3.8) is 0 Å². The van der Waals surface area contributed by atoms with Gasteiger partial charge in [0, 0.05) is 50.3 Å². The summed E-state index contributed by atoms with van der Waals surface area (Å²) in [7, 11) is 0. The van der Waals surface area contributed by atoms with Crippen LogP contribution in [0.5, 0.6) is 0 Å². The Morgan fingerprint density at radius 3 is 2.45 bits per heavy atom. The van der Waals surface area contributed by atoms with Crippen molar-refractivity contribution in [3.05, 3.63) is 106 Å². The molecule has 0 aromatic heterocycles. The fourth-order valence-corrected chi connectivity index (χ4v) is 5.69. The van der Waals surface area contributed by atoms with Crippen molar-refractivity contribution in [2.45, 2.75) is 44.9 Å². The van der Waals surface area contributed by atoms with Gasteiger partial charge in [-0.25, -0.2) is 0 Å². The van der Waals surface area contributed by atoms with E-state index in [1.54, 1.807) is 18.2 Å². The first-order valence-corrected chi connectivity index (χ1v) is 15.7. The maximum Gasteiger partial charge on any atom is 0.255 e. The summed E-state index contributed by atoms with van der Waals surface area (Å²) in [4.78, 5) is 64.9. The summed E-state index contributed by atoms with van der Waals surface area (Å²) < 4.78 is 5.59. The molecular weight excluding hydrogens is 600 g/mol. The van der Waals surface area contributed by atoms with E-state index in [2.05, 4.69) is 33.0 Å². The highest BCUT2D eigenvalue weighted by atomic mass is 16.5. The number of nitrogens with one attached hydrogen (secondary N) is 3. The Kier molecular flexibility index (Phi) is 11.4. The fraction of sp³-hybridized carbons (Fsp3) is 0.343. The van der Waals surface area contributed by atoms with Crippen LogP contribution in [0.2, 0.25) is 0 Å². The molecule has 5 N–H and O–H groups in total. The molecule has 1 atom stereocenters. The molecule has 3 aromatic carbocycles. The molecule has 0 radical (unpaired) electrons. The highest BCUT2D eigenvalue weighted by Crippen LogP contribution is 2.28. The minimum Gasteiger partial charge on any atom is -0.360 e. The molecule has 246 valence electrons. The van der Waals surface area contributed by atoms with Gasteiger partial charge in [-0.3, -0.25) is 34.2 Å². The monoisotopic (exact) mass is 640 g/mol. The Morgan fingerprint density at radius 1 is 0.936 bits per heavy atom. The van der Waals surface area contributed by atoms with Crippen molar-refractivity contribution < 1.29 is 28.7 Å². The van der Waals surface area contributed by atoms with Gasteiger partial charge in [0.15, 0.2) is 0 Å². The Hall–Kier alpha value is -4.91. The smallest absolute Gasteiger partial charge is 0.255 e. The summed E-state index contributed by atoms with van der Waals surface area (Å²) in [6.07, 6.45) is 1.36. The Bertz CT molecular complexity index is 1600. The van der Waals surface area contributed by atoms with Crippen molar-refractivity contribution in [2.75, 3.05) is 33.0 Å². The highest BCUT2D eigenvalue weighted by Gasteiger charge is 2.39. The van der Waals surface area contributed by atoms with E-state index in [1.165, 1.54) is 10.5 Å². The summed E-state index contributed by atoms with van der Waals surface area (Å²) >= 11 is 0. The minimum atomic E-state index is -0.701. The van der Waals surface area contributed by atoms with Crippen LogP contribution in [-0.2, 0) is 45.2 Å². The summed E-state index contributed by atoms with van der Waals surface area (Å²) in [5.41, 5.74) is 10.2. The van der Waals surface area contributed by atoms with Crippen LogP contribution in [0.4, 0.5) is 0 Å². The van der Waals surface area contributed by atoms with E-state index < -0.39 is 11.9 Å². The third kappa shape index (κ3) is 9.09. The lowest BCUT2D eigenvalue weighted by Gasteiger charge is -2.29. The minimum absolute atomic E-state index is 0.0739. The first kappa shape index (κ1) is 33.5. The predicted octanol–water partition coefficient (Wildman–Crippen LogP) is 1.47. The molecule has 1 fully saturated rings. The molecule has 0 aliphatic carbocycles. The molecule has 5 rings (SSSR count). The number of fused-ring (bicyclic) bond motifs is 1. The lowest BCUT2D eigenvalue weighted by Crippen LogP contribution is -2.52. The molecule has 1 saturated heterocycles. The first-order chi connectivity index (χ1) is 22.8. The van der Waals surface area contributed by atoms with Crippen molar-refractivity contribution in [1.82, 2.24) is 25.8 Å². The summed E-state index contributed by atoms with van der Waals surface area (Å²) in [5.74, 6) is -1.60. The van der Waals surface area contributed by atoms with E-state index in [0.29, 0.717) is 42.9 Å². The number of benzene rings is 3. The second-order valence-corrected chi connectivity index (χ2v) is 11.6. The number of hydrogen-bond acceptors (Lipinski definition) is 8. The van der Waals surface area contributed by atoms with Crippen LogP contribution in [0.1, 0.15) is 55.8 Å². The number of nitrogens with two attached hydrogens (primary N) is 1. The number of nitrogens with zero attached hydrogens (tertiary/aromatic N) is 2. The number of carbonyl (C=O) groups is 5. The van der Waals surface area contributed by atoms with Gasteiger partial charge in [-0.2, -0.15) is 0 Å². The van der Waals surface area contributed by atoms with Crippen LogP contribution in [0.25, 0.3) is 0 Å². The van der Waals surface area contributed by atoms with Crippen LogP contribution in [0.15, 0.2) is 72.8 Å². The van der Waals surface area contributed by atoms with E-state index in [9.17, 15) is 24.0 Å². The third-order valence-electron chi connectivity index (χ3n) is 8.34. The summed E-state index contributed by atoms with van der Waals surface area (Å²) in [6.45, 7) is 3.26. The average molecular weight is 641 g/mol. The van der Waals surface area contributed by atoms with Gasteiger partial charge in [0.05, 0.1) is 13.2 Å². The highest BCUT2D eigenvalue weighted by molar-refractivity contribution is 6.06. The fourth-order valence-electron chi connectivity index (χ4n) is 5.69. The van der Waals surface area contributed by atoms with Crippen LogP contribution >= 0.6 is 0 Å². The van der Waals surface area contributed by atoms with Crippen molar-refractivity contribution in [3.8, 4) is 0 Å². The molecule has 3 aromatic rings. The number of amides is 5. The van der Waals surface area contributed by atoms with E-state index in [4.69, 9.17) is 10.5 Å². The summed E-state index contributed by atoms with van der Waals surface area (Å²) in [6, 6.07) is 22.6. The zero-order chi connectivity index (χ0) is 33.2. The van der Waals surface area contributed by atoms with Gasteiger partial charge in [0.1, 0.15) is 12.8 Å². The quantitative estimate of drug-likeness (QED) is 0.110. The Labute approximate surface area is 273 Å². The topological polar surface area (TPSA) is 163 Å². The van der Waals surface area contributed by atoms with Crippen molar-refractivity contribution in [1.29, 1.82) is 0 Å². The SMILES string of the molecule is NCC(=O)NCOCCN(CCc1ccccc1)Cc1ccc(CNC(=O)c2ccc3c(c2)CN(C2CCC(=O)NC2=O)C3=O)cc1. The van der Waals surface area contributed by atoms with Gasteiger partial charge in [0.2, 0.25) is 17.7 Å². The Morgan fingerprint density at radius 2 is 1.70 bits per heavy atom. The number of ether oxygens (including phenoxy) is 1. The molecule has 12 heteroatoms. The van der Waals surface area contributed by atoms with Crippen molar-refractivity contribution in [2.24, 2.45) is 5.73 Å². The first-order valence-electron chi connectivity index (χ1n) is 15.7. The largest absolute Gasteiger partial charge is 0.360 e. The lowest BCUT2D eigenvalue weighted by molar-refractivity contribution is -0.137. The molecule has 5 amide bonds. The number of carbonyl (C=O) groups excluding carboxylic acids is 5. The maximum absolute atomic E-state index is 13.0. The van der Waals surface area contributed by atoms with Gasteiger partial charge < -0.3 is 26.0 Å². The number of hydrogen-bond donors (Lipinski definition) is 4. The van der Waals surface area contributed by atoms with Crippen LogP contribution < -0.4 is 21.7 Å². The van der Waals surface area contributed by atoms with Crippen LogP contribution in [0, 0.1) is 0 Å². The molecule has 12 nitrogen and oxygen atoms in total. The normalized spacial score (nSPS) is 15.8. The second-order valence-electron chi connectivity index (χ2n) is 11.6. The van der Waals surface area contributed by atoms with Gasteiger partial charge in [-0.1, -0.05) is 54.6 Å². The van der Waals surface area contributed by atoms with Crippen LogP contribution in [0.3, 0.4) is 0 Å². The molecule has 2 heterocycles. The number of piperidine rings is 1. The van der Waals surface area contributed by atoms with Gasteiger partial charge in [0.25, 0.3) is 11.8 Å². The van der Waals surface area contributed by atoms with E-state index >= 15 is 0 Å². The van der Waals surface area contributed by atoms with Crippen LogP contribution in [-0.4, -0.2) is 78.3 Å².